The Morgan fingerprint density at radius 1 is 1.08 bits per heavy atom. The summed E-state index contributed by atoms with van der Waals surface area (Å²) in [7, 11) is 1.53. The van der Waals surface area contributed by atoms with Crippen LogP contribution < -0.4 is 15.4 Å². The summed E-state index contributed by atoms with van der Waals surface area (Å²) in [6.07, 6.45) is 0. The molecule has 0 bridgehead atoms. The van der Waals surface area contributed by atoms with E-state index >= 15 is 0 Å². The molecule has 0 aromatic heterocycles. The van der Waals surface area contributed by atoms with Gasteiger partial charge in [0.25, 0.3) is 11.8 Å². The maximum absolute atomic E-state index is 11.9. The lowest BCUT2D eigenvalue weighted by molar-refractivity contribution is -0.146. The lowest BCUT2D eigenvalue weighted by Gasteiger charge is -2.08. The van der Waals surface area contributed by atoms with Crippen LogP contribution in [0.3, 0.4) is 0 Å². The topological polar surface area (TPSA) is 93.7 Å². The number of amides is 2. The summed E-state index contributed by atoms with van der Waals surface area (Å²) < 4.78 is 10.6. The van der Waals surface area contributed by atoms with E-state index in [-0.39, 0.29) is 6.54 Å². The van der Waals surface area contributed by atoms with Gasteiger partial charge in [-0.15, -0.1) is 0 Å². The lowest BCUT2D eigenvalue weighted by Crippen LogP contribution is -2.32. The number of carbonyl (C=O) groups is 3. The van der Waals surface area contributed by atoms with Gasteiger partial charge in [0.05, 0.1) is 7.11 Å². The highest BCUT2D eigenvalue weighted by Crippen LogP contribution is 2.15. The molecule has 0 aliphatic heterocycles. The van der Waals surface area contributed by atoms with E-state index in [0.717, 1.165) is 4.47 Å². The molecule has 0 saturated carbocycles. The summed E-state index contributed by atoms with van der Waals surface area (Å²) in [5.74, 6) is -0.991. The highest BCUT2D eigenvalue weighted by Gasteiger charge is 2.11. The third kappa shape index (κ3) is 6.21. The Morgan fingerprint density at radius 2 is 1.81 bits per heavy atom. The normalized spacial score (nSPS) is 9.92. The lowest BCUT2D eigenvalue weighted by atomic mass is 10.2. The largest absolute Gasteiger partial charge is 0.497 e. The Hall–Kier alpha value is -2.87. The number of anilines is 1. The highest BCUT2D eigenvalue weighted by molar-refractivity contribution is 9.10. The summed E-state index contributed by atoms with van der Waals surface area (Å²) in [5, 5.41) is 5.02. The van der Waals surface area contributed by atoms with E-state index in [1.54, 1.807) is 42.5 Å². The van der Waals surface area contributed by atoms with Crippen molar-refractivity contribution in [1.29, 1.82) is 0 Å². The van der Waals surface area contributed by atoms with Crippen LogP contribution in [0.25, 0.3) is 0 Å². The third-order valence-electron chi connectivity index (χ3n) is 3.22. The molecule has 2 aromatic carbocycles. The van der Waals surface area contributed by atoms with Crippen LogP contribution in [-0.2, 0) is 14.3 Å². The van der Waals surface area contributed by atoms with Gasteiger partial charge in [0.2, 0.25) is 0 Å². The van der Waals surface area contributed by atoms with Crippen LogP contribution in [0.1, 0.15) is 10.4 Å². The molecule has 2 N–H and O–H groups in total. The molecule has 2 aromatic rings. The number of benzene rings is 2. The molecular formula is C18H17BrN2O5. The minimum absolute atomic E-state index is 0.338. The Morgan fingerprint density at radius 3 is 2.46 bits per heavy atom. The zero-order valence-corrected chi connectivity index (χ0v) is 15.5. The van der Waals surface area contributed by atoms with Gasteiger partial charge in [0.15, 0.2) is 6.61 Å². The molecule has 0 atom stereocenters. The van der Waals surface area contributed by atoms with Gasteiger partial charge in [-0.25, -0.2) is 0 Å². The zero-order chi connectivity index (χ0) is 18.9. The number of carbonyl (C=O) groups excluding carboxylic acids is 3. The smallest absolute Gasteiger partial charge is 0.325 e. The number of methoxy groups -OCH3 is 1. The molecule has 136 valence electrons. The summed E-state index contributed by atoms with van der Waals surface area (Å²) in [4.78, 5) is 35.3. The number of nitrogens with one attached hydrogen (secondary N) is 2. The summed E-state index contributed by atoms with van der Waals surface area (Å²) in [5.41, 5.74) is 0.958. The second-order valence-corrected chi connectivity index (χ2v) is 6.05. The summed E-state index contributed by atoms with van der Waals surface area (Å²) in [6, 6.07) is 13.4. The molecular weight excluding hydrogens is 404 g/mol. The third-order valence-corrected chi connectivity index (χ3v) is 3.71. The van der Waals surface area contributed by atoms with Gasteiger partial charge in [-0.05, 0) is 42.5 Å². The van der Waals surface area contributed by atoms with E-state index in [1.165, 1.54) is 7.11 Å². The Labute approximate surface area is 158 Å². The van der Waals surface area contributed by atoms with Gasteiger partial charge in [0, 0.05) is 15.7 Å². The van der Waals surface area contributed by atoms with Crippen molar-refractivity contribution in [2.45, 2.75) is 0 Å². The number of halogens is 1. The fourth-order valence-electron chi connectivity index (χ4n) is 1.96. The maximum atomic E-state index is 11.9. The van der Waals surface area contributed by atoms with Crippen LogP contribution in [0.4, 0.5) is 5.69 Å². The van der Waals surface area contributed by atoms with E-state index in [4.69, 9.17) is 9.47 Å². The second kappa shape index (κ2) is 9.57. The van der Waals surface area contributed by atoms with E-state index in [9.17, 15) is 14.4 Å². The van der Waals surface area contributed by atoms with Crippen LogP contribution in [-0.4, -0.2) is 38.0 Å². The van der Waals surface area contributed by atoms with Crippen molar-refractivity contribution in [3.8, 4) is 5.75 Å². The minimum atomic E-state index is -0.712. The first-order chi connectivity index (χ1) is 12.5. The molecule has 0 unspecified atom stereocenters. The van der Waals surface area contributed by atoms with E-state index in [2.05, 4.69) is 26.6 Å². The molecule has 8 heteroatoms. The molecule has 2 amide bonds. The van der Waals surface area contributed by atoms with Gasteiger partial charge in [-0.3, -0.25) is 14.4 Å². The molecule has 0 aliphatic carbocycles. The SMILES string of the molecule is COc1ccc(C(=O)NCC(=O)OCC(=O)Nc2cccc(Br)c2)cc1. The van der Waals surface area contributed by atoms with Crippen LogP contribution in [0.5, 0.6) is 5.75 Å². The molecule has 0 fully saturated rings. The van der Waals surface area contributed by atoms with Gasteiger partial charge < -0.3 is 20.1 Å². The Bertz CT molecular complexity index is 792. The average molecular weight is 421 g/mol. The van der Waals surface area contributed by atoms with Crippen molar-refractivity contribution < 1.29 is 23.9 Å². The van der Waals surface area contributed by atoms with Crippen LogP contribution in [0.2, 0.25) is 0 Å². The summed E-state index contributed by atoms with van der Waals surface area (Å²) >= 11 is 3.29. The van der Waals surface area contributed by atoms with Crippen LogP contribution >= 0.6 is 15.9 Å². The first kappa shape index (κ1) is 19.5. The molecule has 0 spiro atoms. The predicted molar refractivity (Wildman–Crippen MR) is 99.1 cm³/mol. The number of esters is 1. The standard InChI is InChI=1S/C18H17BrN2O5/c1-25-15-7-5-12(6-8-15)18(24)20-10-17(23)26-11-16(22)21-14-4-2-3-13(19)9-14/h2-9H,10-11H2,1H3,(H,20,24)(H,21,22). The molecule has 2 rings (SSSR count). The second-order valence-electron chi connectivity index (χ2n) is 5.13. The van der Waals surface area contributed by atoms with Crippen molar-refractivity contribution in [3.63, 3.8) is 0 Å². The van der Waals surface area contributed by atoms with Crippen molar-refractivity contribution in [3.05, 3.63) is 58.6 Å². The van der Waals surface area contributed by atoms with Crippen molar-refractivity contribution in [1.82, 2.24) is 5.32 Å². The number of ether oxygens (including phenoxy) is 2. The van der Waals surface area contributed by atoms with Crippen molar-refractivity contribution in [2.24, 2.45) is 0 Å². The monoisotopic (exact) mass is 420 g/mol. The van der Waals surface area contributed by atoms with E-state index in [0.29, 0.717) is 17.0 Å². The molecule has 0 radical (unpaired) electrons. The molecule has 0 saturated heterocycles. The predicted octanol–water partition coefficient (Wildman–Crippen LogP) is 2.37. The highest BCUT2D eigenvalue weighted by atomic mass is 79.9. The minimum Gasteiger partial charge on any atom is -0.497 e. The van der Waals surface area contributed by atoms with Crippen molar-refractivity contribution >= 4 is 39.4 Å². The van der Waals surface area contributed by atoms with Gasteiger partial charge in [-0.2, -0.15) is 0 Å². The maximum Gasteiger partial charge on any atom is 0.325 e. The quantitative estimate of drug-likeness (QED) is 0.670. The summed E-state index contributed by atoms with van der Waals surface area (Å²) in [6.45, 7) is -0.779. The Kier molecular flexibility index (Phi) is 7.16. The van der Waals surface area contributed by atoms with E-state index in [1.807, 2.05) is 6.07 Å². The fourth-order valence-corrected chi connectivity index (χ4v) is 2.36. The first-order valence-electron chi connectivity index (χ1n) is 7.61. The number of rotatable bonds is 7. The average Bonchev–Trinajstić information content (AvgIpc) is 2.64. The zero-order valence-electron chi connectivity index (χ0n) is 14.0. The first-order valence-corrected chi connectivity index (χ1v) is 8.40. The van der Waals surface area contributed by atoms with E-state index < -0.39 is 24.4 Å². The van der Waals surface area contributed by atoms with Gasteiger partial charge in [0.1, 0.15) is 12.3 Å². The van der Waals surface area contributed by atoms with Crippen molar-refractivity contribution in [2.75, 3.05) is 25.6 Å². The number of hydrogen-bond donors (Lipinski definition) is 2. The molecule has 7 nitrogen and oxygen atoms in total. The molecule has 26 heavy (non-hydrogen) atoms. The Balaban J connectivity index is 1.72. The van der Waals surface area contributed by atoms with Gasteiger partial charge in [-0.1, -0.05) is 22.0 Å². The number of hydrogen-bond acceptors (Lipinski definition) is 5. The molecule has 0 heterocycles. The van der Waals surface area contributed by atoms with Crippen LogP contribution in [0, 0.1) is 0 Å². The van der Waals surface area contributed by atoms with Crippen LogP contribution in [0.15, 0.2) is 53.0 Å². The molecule has 0 aliphatic rings. The van der Waals surface area contributed by atoms with Gasteiger partial charge >= 0.3 is 5.97 Å². The fraction of sp³-hybridized carbons (Fsp3) is 0.167.